The minimum atomic E-state index is -0.381. The normalized spacial score (nSPS) is 10.7. The predicted octanol–water partition coefficient (Wildman–Crippen LogP) is 3.34. The minimum absolute atomic E-state index is 0.0901. The Morgan fingerprint density at radius 1 is 1.17 bits per heavy atom. The van der Waals surface area contributed by atoms with Crippen molar-refractivity contribution in [2.24, 2.45) is 0 Å². The fourth-order valence-electron chi connectivity index (χ4n) is 2.22. The Kier molecular flexibility index (Phi) is 6.75. The predicted molar refractivity (Wildman–Crippen MR) is 93.8 cm³/mol. The Hall–Kier alpha value is -2.40. The Bertz CT molecular complexity index is 659. The largest absolute Gasteiger partial charge is 0.489 e. The SMILES string of the molecule is CCc1ccc(NC(=O)CN(C)CCOc2ccccc2F)cc1. The maximum atomic E-state index is 13.4. The fourth-order valence-corrected chi connectivity index (χ4v) is 2.22. The molecule has 4 nitrogen and oxygen atoms in total. The molecular formula is C19H23FN2O2. The fraction of sp³-hybridized carbons (Fsp3) is 0.316. The van der Waals surface area contributed by atoms with E-state index in [1.54, 1.807) is 18.2 Å². The second-order valence-corrected chi connectivity index (χ2v) is 5.62. The number of ether oxygens (including phenoxy) is 1. The van der Waals surface area contributed by atoms with Crippen LogP contribution in [0.15, 0.2) is 48.5 Å². The molecule has 0 heterocycles. The lowest BCUT2D eigenvalue weighted by Crippen LogP contribution is -2.33. The number of hydrogen-bond donors (Lipinski definition) is 1. The number of nitrogens with one attached hydrogen (secondary N) is 1. The van der Waals surface area contributed by atoms with E-state index in [0.717, 1.165) is 12.1 Å². The summed E-state index contributed by atoms with van der Waals surface area (Å²) in [4.78, 5) is 13.8. The number of carbonyl (C=O) groups is 1. The van der Waals surface area contributed by atoms with Crippen molar-refractivity contribution in [2.75, 3.05) is 32.1 Å². The van der Waals surface area contributed by atoms with E-state index in [0.29, 0.717) is 13.2 Å². The van der Waals surface area contributed by atoms with Gasteiger partial charge in [0.15, 0.2) is 11.6 Å². The van der Waals surface area contributed by atoms with Crippen molar-refractivity contribution >= 4 is 11.6 Å². The summed E-state index contributed by atoms with van der Waals surface area (Å²) in [7, 11) is 1.82. The molecule has 0 aliphatic heterocycles. The first-order chi connectivity index (χ1) is 11.6. The van der Waals surface area contributed by atoms with Crippen LogP contribution < -0.4 is 10.1 Å². The second kappa shape index (κ2) is 9.03. The molecule has 0 aromatic heterocycles. The third kappa shape index (κ3) is 5.66. The first-order valence-corrected chi connectivity index (χ1v) is 8.03. The number of rotatable bonds is 8. The number of benzene rings is 2. The lowest BCUT2D eigenvalue weighted by atomic mass is 10.1. The van der Waals surface area contributed by atoms with Crippen molar-refractivity contribution in [1.82, 2.24) is 4.90 Å². The molecule has 0 bridgehead atoms. The van der Waals surface area contributed by atoms with Gasteiger partial charge in [-0.2, -0.15) is 0 Å². The quantitative estimate of drug-likeness (QED) is 0.807. The van der Waals surface area contributed by atoms with Crippen molar-refractivity contribution in [3.05, 3.63) is 59.9 Å². The van der Waals surface area contributed by atoms with Gasteiger partial charge in [-0.25, -0.2) is 4.39 Å². The van der Waals surface area contributed by atoms with Crippen LogP contribution in [0.1, 0.15) is 12.5 Å². The number of hydrogen-bond acceptors (Lipinski definition) is 3. The molecule has 0 radical (unpaired) electrons. The standard InChI is InChI=1S/C19H23FN2O2/c1-3-15-8-10-16(11-9-15)21-19(23)14-22(2)12-13-24-18-7-5-4-6-17(18)20/h4-11H,3,12-14H2,1-2H3,(H,21,23). The topological polar surface area (TPSA) is 41.6 Å². The molecular weight excluding hydrogens is 307 g/mol. The van der Waals surface area contributed by atoms with Crippen LogP contribution in [0.25, 0.3) is 0 Å². The zero-order chi connectivity index (χ0) is 17.4. The summed E-state index contributed by atoms with van der Waals surface area (Å²) in [6.45, 7) is 3.18. The van der Waals surface area contributed by atoms with E-state index < -0.39 is 0 Å². The van der Waals surface area contributed by atoms with E-state index in [-0.39, 0.29) is 24.0 Å². The first-order valence-electron chi connectivity index (χ1n) is 8.03. The number of aryl methyl sites for hydroxylation is 1. The molecule has 0 spiro atoms. The molecule has 0 aliphatic carbocycles. The van der Waals surface area contributed by atoms with Crippen LogP contribution in [-0.2, 0) is 11.2 Å². The molecule has 0 atom stereocenters. The van der Waals surface area contributed by atoms with Crippen LogP contribution in [0.5, 0.6) is 5.75 Å². The highest BCUT2D eigenvalue weighted by atomic mass is 19.1. The number of likely N-dealkylation sites (N-methyl/N-ethyl adjacent to an activating group) is 1. The maximum absolute atomic E-state index is 13.4. The molecule has 1 amide bonds. The summed E-state index contributed by atoms with van der Waals surface area (Å²) in [5, 5.41) is 2.86. The molecule has 2 rings (SSSR count). The van der Waals surface area contributed by atoms with Crippen molar-refractivity contribution in [2.45, 2.75) is 13.3 Å². The number of carbonyl (C=O) groups excluding carboxylic acids is 1. The van der Waals surface area contributed by atoms with E-state index >= 15 is 0 Å². The third-order valence-electron chi connectivity index (χ3n) is 3.63. The summed E-state index contributed by atoms with van der Waals surface area (Å²) in [6.07, 6.45) is 0.971. The molecule has 0 saturated heterocycles. The maximum Gasteiger partial charge on any atom is 0.238 e. The van der Waals surface area contributed by atoms with E-state index in [1.165, 1.54) is 11.6 Å². The molecule has 5 heteroatoms. The highest BCUT2D eigenvalue weighted by Crippen LogP contribution is 2.15. The van der Waals surface area contributed by atoms with Crippen molar-refractivity contribution in [3.63, 3.8) is 0 Å². The smallest absolute Gasteiger partial charge is 0.238 e. The summed E-state index contributed by atoms with van der Waals surface area (Å²) in [5.74, 6) is -0.243. The van der Waals surface area contributed by atoms with Gasteiger partial charge in [-0.05, 0) is 43.3 Å². The lowest BCUT2D eigenvalue weighted by molar-refractivity contribution is -0.117. The van der Waals surface area contributed by atoms with E-state index in [2.05, 4.69) is 12.2 Å². The first kappa shape index (κ1) is 17.9. The summed E-state index contributed by atoms with van der Waals surface area (Å²) < 4.78 is 18.8. The number of nitrogens with zero attached hydrogens (tertiary/aromatic N) is 1. The number of halogens is 1. The van der Waals surface area contributed by atoms with Crippen LogP contribution in [0, 0.1) is 5.82 Å². The highest BCUT2D eigenvalue weighted by Gasteiger charge is 2.08. The lowest BCUT2D eigenvalue weighted by Gasteiger charge is -2.17. The Morgan fingerprint density at radius 2 is 1.88 bits per heavy atom. The minimum Gasteiger partial charge on any atom is -0.489 e. The van der Waals surface area contributed by atoms with Gasteiger partial charge in [0.25, 0.3) is 0 Å². The Labute approximate surface area is 142 Å². The van der Waals surface area contributed by atoms with Crippen molar-refractivity contribution in [3.8, 4) is 5.75 Å². The number of para-hydroxylation sites is 1. The molecule has 128 valence electrons. The molecule has 2 aromatic carbocycles. The van der Waals surface area contributed by atoms with Gasteiger partial charge >= 0.3 is 0 Å². The van der Waals surface area contributed by atoms with E-state index in [1.807, 2.05) is 36.2 Å². The van der Waals surface area contributed by atoms with Gasteiger partial charge in [-0.15, -0.1) is 0 Å². The molecule has 0 saturated carbocycles. The van der Waals surface area contributed by atoms with E-state index in [4.69, 9.17) is 4.74 Å². The summed E-state index contributed by atoms with van der Waals surface area (Å²) >= 11 is 0. The van der Waals surface area contributed by atoms with Gasteiger partial charge < -0.3 is 10.1 Å². The average Bonchev–Trinajstić information content (AvgIpc) is 2.57. The molecule has 24 heavy (non-hydrogen) atoms. The molecule has 0 fully saturated rings. The van der Waals surface area contributed by atoms with Crippen molar-refractivity contribution in [1.29, 1.82) is 0 Å². The van der Waals surface area contributed by atoms with Gasteiger partial charge in [0.1, 0.15) is 6.61 Å². The molecule has 0 unspecified atom stereocenters. The average molecular weight is 330 g/mol. The van der Waals surface area contributed by atoms with Gasteiger partial charge in [-0.3, -0.25) is 9.69 Å². The van der Waals surface area contributed by atoms with Gasteiger partial charge in [-0.1, -0.05) is 31.2 Å². The molecule has 0 aliphatic rings. The van der Waals surface area contributed by atoms with E-state index in [9.17, 15) is 9.18 Å². The number of anilines is 1. The molecule has 2 aromatic rings. The Morgan fingerprint density at radius 3 is 2.54 bits per heavy atom. The van der Waals surface area contributed by atoms with Crippen LogP contribution in [0.2, 0.25) is 0 Å². The van der Waals surface area contributed by atoms with Crippen LogP contribution >= 0.6 is 0 Å². The van der Waals surface area contributed by atoms with Gasteiger partial charge in [0.05, 0.1) is 6.54 Å². The summed E-state index contributed by atoms with van der Waals surface area (Å²) in [6, 6.07) is 14.1. The van der Waals surface area contributed by atoms with Crippen LogP contribution in [0.3, 0.4) is 0 Å². The zero-order valence-corrected chi connectivity index (χ0v) is 14.1. The van der Waals surface area contributed by atoms with Crippen LogP contribution in [-0.4, -0.2) is 37.6 Å². The third-order valence-corrected chi connectivity index (χ3v) is 3.63. The molecule has 1 N–H and O–H groups in total. The van der Waals surface area contributed by atoms with Crippen molar-refractivity contribution < 1.29 is 13.9 Å². The van der Waals surface area contributed by atoms with Gasteiger partial charge in [0.2, 0.25) is 5.91 Å². The number of amides is 1. The second-order valence-electron chi connectivity index (χ2n) is 5.62. The van der Waals surface area contributed by atoms with Gasteiger partial charge in [0, 0.05) is 12.2 Å². The summed E-state index contributed by atoms with van der Waals surface area (Å²) in [5.41, 5.74) is 2.02. The highest BCUT2D eigenvalue weighted by molar-refractivity contribution is 5.92. The van der Waals surface area contributed by atoms with Crippen LogP contribution in [0.4, 0.5) is 10.1 Å². The monoisotopic (exact) mass is 330 g/mol. The zero-order valence-electron chi connectivity index (χ0n) is 14.1. The Balaban J connectivity index is 1.72.